The molecule has 0 aromatic heterocycles. The average molecular weight is 186 g/mol. The molecule has 0 aliphatic heterocycles. The predicted molar refractivity (Wildman–Crippen MR) is 52.8 cm³/mol. The molecule has 5 nitrogen and oxygen atoms in total. The Morgan fingerprint density at radius 3 is 2.15 bits per heavy atom. The van der Waals surface area contributed by atoms with Gasteiger partial charge in [-0.25, -0.2) is 4.79 Å². The van der Waals surface area contributed by atoms with E-state index in [-0.39, 0.29) is 23.8 Å². The van der Waals surface area contributed by atoms with Crippen LogP contribution in [-0.2, 0) is 0 Å². The summed E-state index contributed by atoms with van der Waals surface area (Å²) in [5.41, 5.74) is 5.34. The first-order chi connectivity index (χ1) is 5.86. The molecule has 0 aromatic rings. The largest absolute Gasteiger partial charge is 0.386 e. The smallest absolute Gasteiger partial charge is 0.317 e. The first-order valence-electron chi connectivity index (χ1n) is 4.18. The molecule has 0 saturated carbocycles. The quantitative estimate of drug-likeness (QED) is 0.435. The highest BCUT2D eigenvalue weighted by molar-refractivity contribution is 5.87. The van der Waals surface area contributed by atoms with E-state index < -0.39 is 0 Å². The minimum absolute atomic E-state index is 0.00907. The number of amides is 2. The Morgan fingerprint density at radius 1 is 1.46 bits per heavy atom. The summed E-state index contributed by atoms with van der Waals surface area (Å²) in [6, 6.07) is -0.608. The molecule has 0 bridgehead atoms. The van der Waals surface area contributed by atoms with Gasteiger partial charge in [-0.1, -0.05) is 13.8 Å². The van der Waals surface area contributed by atoms with Crippen LogP contribution in [0.4, 0.5) is 4.79 Å². The third-order valence-electron chi connectivity index (χ3n) is 1.69. The fraction of sp³-hybridized carbons (Fsp3) is 0.750. The van der Waals surface area contributed by atoms with Gasteiger partial charge in [0, 0.05) is 14.1 Å². The van der Waals surface area contributed by atoms with E-state index in [1.54, 1.807) is 14.1 Å². The second-order valence-corrected chi connectivity index (χ2v) is 3.52. The fourth-order valence-electron chi connectivity index (χ4n) is 0.866. The van der Waals surface area contributed by atoms with Crippen molar-refractivity contribution in [3.05, 3.63) is 0 Å². The predicted octanol–water partition coefficient (Wildman–Crippen LogP) is 0.218. The number of amidine groups is 1. The van der Waals surface area contributed by atoms with Gasteiger partial charge < -0.3 is 16.0 Å². The number of urea groups is 1. The maximum absolute atomic E-state index is 11.2. The molecule has 0 heterocycles. The number of nitrogens with zero attached hydrogens (tertiary/aromatic N) is 1. The van der Waals surface area contributed by atoms with E-state index in [9.17, 15) is 4.79 Å². The average Bonchev–Trinajstić information content (AvgIpc) is 1.97. The Bertz CT molecular complexity index is 200. The standard InChI is InChI=1S/C8H18N4O/c1-5(2)6(7(9)10)11-8(13)12(3)4/h5-6H,1-4H3,(H3,9,10)(H,11,13). The summed E-state index contributed by atoms with van der Waals surface area (Å²) in [5, 5.41) is 9.91. The zero-order valence-corrected chi connectivity index (χ0v) is 8.59. The molecule has 2 amide bonds. The summed E-state index contributed by atoms with van der Waals surface area (Å²) in [6.07, 6.45) is 0. The molecule has 0 fully saturated rings. The summed E-state index contributed by atoms with van der Waals surface area (Å²) in [4.78, 5) is 12.6. The van der Waals surface area contributed by atoms with Crippen molar-refractivity contribution in [3.63, 3.8) is 0 Å². The molecule has 13 heavy (non-hydrogen) atoms. The van der Waals surface area contributed by atoms with Crippen molar-refractivity contribution in [2.45, 2.75) is 19.9 Å². The second kappa shape index (κ2) is 4.69. The van der Waals surface area contributed by atoms with Gasteiger partial charge in [0.25, 0.3) is 0 Å². The number of hydrogen-bond donors (Lipinski definition) is 3. The summed E-state index contributed by atoms with van der Waals surface area (Å²) in [7, 11) is 3.29. The van der Waals surface area contributed by atoms with Crippen molar-refractivity contribution in [2.75, 3.05) is 14.1 Å². The van der Waals surface area contributed by atoms with Crippen LogP contribution in [0.2, 0.25) is 0 Å². The van der Waals surface area contributed by atoms with E-state index in [1.165, 1.54) is 4.90 Å². The van der Waals surface area contributed by atoms with Gasteiger partial charge in [0.05, 0.1) is 6.04 Å². The van der Waals surface area contributed by atoms with Gasteiger partial charge in [0.1, 0.15) is 5.84 Å². The van der Waals surface area contributed by atoms with Crippen LogP contribution in [-0.4, -0.2) is 36.9 Å². The van der Waals surface area contributed by atoms with Crippen LogP contribution in [0, 0.1) is 11.3 Å². The maximum Gasteiger partial charge on any atom is 0.317 e. The molecule has 5 heteroatoms. The van der Waals surface area contributed by atoms with Crippen LogP contribution in [0.3, 0.4) is 0 Å². The van der Waals surface area contributed by atoms with Crippen molar-refractivity contribution in [1.29, 1.82) is 5.41 Å². The fourth-order valence-corrected chi connectivity index (χ4v) is 0.866. The van der Waals surface area contributed by atoms with Gasteiger partial charge in [0.15, 0.2) is 0 Å². The van der Waals surface area contributed by atoms with Crippen LogP contribution < -0.4 is 11.1 Å². The maximum atomic E-state index is 11.2. The zero-order valence-electron chi connectivity index (χ0n) is 8.59. The summed E-state index contributed by atoms with van der Waals surface area (Å²) < 4.78 is 0. The SMILES string of the molecule is CC(C)C(NC(=O)N(C)C)C(=N)N. The number of carbonyl (C=O) groups is 1. The van der Waals surface area contributed by atoms with Crippen molar-refractivity contribution in [2.24, 2.45) is 11.7 Å². The topological polar surface area (TPSA) is 82.2 Å². The third kappa shape index (κ3) is 3.78. The zero-order chi connectivity index (χ0) is 10.6. The summed E-state index contributed by atoms with van der Waals surface area (Å²) in [6.45, 7) is 3.81. The lowest BCUT2D eigenvalue weighted by molar-refractivity contribution is 0.213. The Morgan fingerprint density at radius 2 is 1.92 bits per heavy atom. The lowest BCUT2D eigenvalue weighted by atomic mass is 10.0. The molecular formula is C8H18N4O. The molecular weight excluding hydrogens is 168 g/mol. The molecule has 0 radical (unpaired) electrons. The van der Waals surface area contributed by atoms with E-state index in [1.807, 2.05) is 13.8 Å². The number of hydrogen-bond acceptors (Lipinski definition) is 2. The van der Waals surface area contributed by atoms with Crippen LogP contribution in [0.25, 0.3) is 0 Å². The lowest BCUT2D eigenvalue weighted by Crippen LogP contribution is -2.50. The van der Waals surface area contributed by atoms with E-state index >= 15 is 0 Å². The highest BCUT2D eigenvalue weighted by atomic mass is 16.2. The van der Waals surface area contributed by atoms with Crippen molar-refractivity contribution in [3.8, 4) is 0 Å². The van der Waals surface area contributed by atoms with Gasteiger partial charge in [-0.15, -0.1) is 0 Å². The Hall–Kier alpha value is -1.26. The highest BCUT2D eigenvalue weighted by Crippen LogP contribution is 2.01. The number of rotatable bonds is 3. The van der Waals surface area contributed by atoms with Crippen LogP contribution in [0.5, 0.6) is 0 Å². The van der Waals surface area contributed by atoms with Crippen LogP contribution in [0.1, 0.15) is 13.8 Å². The van der Waals surface area contributed by atoms with E-state index in [4.69, 9.17) is 11.1 Å². The van der Waals surface area contributed by atoms with Gasteiger partial charge in [-0.2, -0.15) is 0 Å². The normalized spacial score (nSPS) is 12.4. The van der Waals surface area contributed by atoms with Crippen molar-refractivity contribution >= 4 is 11.9 Å². The Labute approximate surface area is 78.8 Å². The Balaban J connectivity index is 4.27. The number of nitrogens with two attached hydrogens (primary N) is 1. The molecule has 0 aromatic carbocycles. The van der Waals surface area contributed by atoms with E-state index in [0.717, 1.165) is 0 Å². The molecule has 0 rings (SSSR count). The molecule has 4 N–H and O–H groups in total. The van der Waals surface area contributed by atoms with E-state index in [2.05, 4.69) is 5.32 Å². The molecule has 0 spiro atoms. The summed E-state index contributed by atoms with van der Waals surface area (Å²) in [5.74, 6) is 0.117. The molecule has 0 aliphatic carbocycles. The molecule has 0 saturated heterocycles. The van der Waals surface area contributed by atoms with Gasteiger partial charge in [-0.05, 0) is 5.92 Å². The number of nitrogens with one attached hydrogen (secondary N) is 2. The molecule has 0 aliphatic rings. The highest BCUT2D eigenvalue weighted by Gasteiger charge is 2.19. The first kappa shape index (κ1) is 11.7. The first-order valence-corrected chi connectivity index (χ1v) is 4.18. The minimum atomic E-state index is -0.380. The van der Waals surface area contributed by atoms with E-state index in [0.29, 0.717) is 0 Å². The van der Waals surface area contributed by atoms with Gasteiger partial charge in [0.2, 0.25) is 0 Å². The second-order valence-electron chi connectivity index (χ2n) is 3.52. The summed E-state index contributed by atoms with van der Waals surface area (Å²) >= 11 is 0. The van der Waals surface area contributed by atoms with Crippen LogP contribution >= 0.6 is 0 Å². The Kier molecular flexibility index (Phi) is 4.23. The lowest BCUT2D eigenvalue weighted by Gasteiger charge is -2.23. The molecule has 76 valence electrons. The van der Waals surface area contributed by atoms with Crippen LogP contribution in [0.15, 0.2) is 0 Å². The molecule has 1 unspecified atom stereocenters. The van der Waals surface area contributed by atoms with Crippen molar-refractivity contribution < 1.29 is 4.79 Å². The van der Waals surface area contributed by atoms with Crippen molar-refractivity contribution in [1.82, 2.24) is 10.2 Å². The monoisotopic (exact) mass is 186 g/mol. The number of carbonyl (C=O) groups excluding carboxylic acids is 1. The minimum Gasteiger partial charge on any atom is -0.386 e. The van der Waals surface area contributed by atoms with Gasteiger partial charge in [-0.3, -0.25) is 5.41 Å². The molecule has 1 atom stereocenters. The van der Waals surface area contributed by atoms with Gasteiger partial charge >= 0.3 is 6.03 Å². The third-order valence-corrected chi connectivity index (χ3v) is 1.69.